The van der Waals surface area contributed by atoms with E-state index in [1.165, 1.54) is 30.4 Å². The number of aromatic nitrogens is 2. The fraction of sp³-hybridized carbons (Fsp3) is 0.480. The van der Waals surface area contributed by atoms with Crippen LogP contribution in [0.4, 0.5) is 0 Å². The fourth-order valence-electron chi connectivity index (χ4n) is 4.88. The molecule has 2 saturated heterocycles. The van der Waals surface area contributed by atoms with Crippen LogP contribution < -0.4 is 45.8 Å². The van der Waals surface area contributed by atoms with Gasteiger partial charge in [0.05, 0.1) is 59.4 Å². The Labute approximate surface area is 275 Å². The molecular weight excluding hydrogens is 631 g/mol. The van der Waals surface area contributed by atoms with E-state index in [1.807, 2.05) is 0 Å². The Balaban J connectivity index is 0.00000529. The molecule has 0 saturated carbocycles. The molecule has 1 aromatic rings. The molecule has 234 valence electrons. The first-order chi connectivity index (χ1) is 20.4. The summed E-state index contributed by atoms with van der Waals surface area (Å²) in [6, 6.07) is -1.40. The van der Waals surface area contributed by atoms with Crippen LogP contribution in [-0.2, 0) is 29.3 Å². The number of carbonyl (C=O) groups excluding carboxylic acids is 3. The third-order valence-corrected chi connectivity index (χ3v) is 10.5. The zero-order valence-corrected chi connectivity index (χ0v) is 27.6. The van der Waals surface area contributed by atoms with E-state index < -0.39 is 55.0 Å². The molecule has 2 fully saturated rings. The van der Waals surface area contributed by atoms with Gasteiger partial charge in [0.15, 0.2) is 25.4 Å². The van der Waals surface area contributed by atoms with Gasteiger partial charge < -0.3 is 20.8 Å². The molecule has 3 amide bonds. The van der Waals surface area contributed by atoms with Crippen LogP contribution in [0.15, 0.2) is 39.8 Å². The molecule has 2 unspecified atom stereocenters. The number of H-pyrrole nitrogens is 1. The number of hydrazone groups is 1. The number of aromatic amines is 1. The number of aliphatic hydroxyl groups excluding tert-OH is 2. The number of allylic oxidation sites excluding steroid dienone is 4. The van der Waals surface area contributed by atoms with Crippen LogP contribution in [0, 0.1) is 0 Å². The van der Waals surface area contributed by atoms with E-state index in [0.717, 1.165) is 9.69 Å². The van der Waals surface area contributed by atoms with E-state index in [0.29, 0.717) is 0 Å². The van der Waals surface area contributed by atoms with Crippen LogP contribution in [-0.4, -0.2) is 121 Å². The Bertz CT molecular complexity index is 1690. The number of sulfone groups is 2. The van der Waals surface area contributed by atoms with Gasteiger partial charge in [-0.05, 0) is 25.0 Å². The van der Waals surface area contributed by atoms with Gasteiger partial charge in [0, 0.05) is 13.1 Å². The molecule has 2 atom stereocenters. The molecule has 4 heterocycles. The number of nitrogens with one attached hydrogen (secondary N) is 3. The van der Waals surface area contributed by atoms with Gasteiger partial charge in [0.25, 0.3) is 23.3 Å². The van der Waals surface area contributed by atoms with E-state index in [9.17, 15) is 36.0 Å². The van der Waals surface area contributed by atoms with Crippen molar-refractivity contribution >= 4 is 49.2 Å². The Morgan fingerprint density at radius 2 is 1.50 bits per heavy atom. The van der Waals surface area contributed by atoms with Crippen molar-refractivity contribution in [1.82, 2.24) is 25.4 Å². The number of aliphatic hydroxyl groups is 2. The Morgan fingerprint density at radius 3 is 2.07 bits per heavy atom. The third-order valence-electron chi connectivity index (χ3n) is 6.96. The van der Waals surface area contributed by atoms with Crippen LogP contribution in [0.2, 0.25) is 0 Å². The van der Waals surface area contributed by atoms with Crippen LogP contribution in [0.5, 0.6) is 0 Å². The van der Waals surface area contributed by atoms with Crippen molar-refractivity contribution in [3.05, 3.63) is 51.5 Å². The summed E-state index contributed by atoms with van der Waals surface area (Å²) in [5.41, 5.74) is -1.18. The summed E-state index contributed by atoms with van der Waals surface area (Å²) in [7, 11) is -6.67. The number of hydrogen-bond acceptors (Lipinski definition) is 11. The summed E-state index contributed by atoms with van der Waals surface area (Å²) in [4.78, 5) is 51.5. The van der Waals surface area contributed by atoms with Gasteiger partial charge >= 0.3 is 29.6 Å². The predicted molar refractivity (Wildman–Crippen MR) is 154 cm³/mol. The molecule has 0 aromatic carbocycles. The number of rotatable bonds is 11. The van der Waals surface area contributed by atoms with Gasteiger partial charge in [-0.15, -0.1) is 0 Å². The van der Waals surface area contributed by atoms with Gasteiger partial charge in [-0.2, -0.15) is 5.10 Å². The normalized spacial score (nSPS) is 23.4. The maximum Gasteiger partial charge on any atom is 1.00 e. The SMILES string of the molecule is O=C(NCCO)C1=NN(C2CCS(=O)(=O)C2)C(=O)\C1=C/C=C/C=C/c1c(C(=O)NCCO)[nH]n(C2CCS(=O)(=O)C2)c1=O.[Na+]. The maximum absolute atomic E-state index is 13.1. The number of amides is 3. The first-order valence-electron chi connectivity index (χ1n) is 13.4. The second kappa shape index (κ2) is 14.9. The molecule has 0 spiro atoms. The van der Waals surface area contributed by atoms with E-state index in [-0.39, 0.29) is 114 Å². The zero-order chi connectivity index (χ0) is 31.4. The summed E-state index contributed by atoms with van der Waals surface area (Å²) in [6.07, 6.45) is 7.17. The molecule has 1 aromatic heterocycles. The van der Waals surface area contributed by atoms with Gasteiger partial charge in [-0.3, -0.25) is 24.3 Å². The van der Waals surface area contributed by atoms with E-state index in [4.69, 9.17) is 10.2 Å². The van der Waals surface area contributed by atoms with Gasteiger partial charge in [-0.25, -0.2) is 26.5 Å². The molecule has 16 nitrogen and oxygen atoms in total. The van der Waals surface area contributed by atoms with Crippen molar-refractivity contribution in [2.75, 3.05) is 49.3 Å². The second-order valence-electron chi connectivity index (χ2n) is 10.1. The smallest absolute Gasteiger partial charge is 0.395 e. The second-order valence-corrected chi connectivity index (χ2v) is 14.5. The minimum atomic E-state index is -3.34. The molecular formula is C25H32N6NaO10S2+. The van der Waals surface area contributed by atoms with Crippen LogP contribution >= 0.6 is 0 Å². The number of carbonyl (C=O) groups is 3. The molecule has 4 rings (SSSR count). The summed E-state index contributed by atoms with van der Waals surface area (Å²) in [6.45, 7) is -0.853. The summed E-state index contributed by atoms with van der Waals surface area (Å²) >= 11 is 0. The fourth-order valence-corrected chi connectivity index (χ4v) is 8.27. The van der Waals surface area contributed by atoms with Crippen LogP contribution in [0.1, 0.15) is 34.9 Å². The van der Waals surface area contributed by atoms with Crippen molar-refractivity contribution < 1.29 is 71.0 Å². The molecule has 5 N–H and O–H groups in total. The molecule has 0 radical (unpaired) electrons. The standard InChI is InChI=1S/C25H32N6O10S2.Na/c32-10-8-26-22(34)20-18(24(36)30(28-20)16-6-12-42(38,39)14-16)4-2-1-3-5-19-21(23(35)27-9-11-33)29-31(25(19)37)17-7-13-43(40,41)15-17;/h1-5,16-17,28,32-33H,6-15H2,(H,26,34)(H,27,35);/q;+1/b3-1+,4-2+,19-5-;. The Hall–Kier alpha value is -2.87. The van der Waals surface area contributed by atoms with Crippen molar-refractivity contribution in [2.24, 2.45) is 5.10 Å². The van der Waals surface area contributed by atoms with Crippen LogP contribution in [0.25, 0.3) is 6.08 Å². The van der Waals surface area contributed by atoms with Crippen molar-refractivity contribution in [1.29, 1.82) is 0 Å². The molecule has 3 aliphatic heterocycles. The third kappa shape index (κ3) is 8.23. The van der Waals surface area contributed by atoms with E-state index in [1.54, 1.807) is 0 Å². The van der Waals surface area contributed by atoms with Gasteiger partial charge in [0.1, 0.15) is 5.69 Å². The quantitative estimate of drug-likeness (QED) is 0.0854. The van der Waals surface area contributed by atoms with Crippen molar-refractivity contribution in [3.63, 3.8) is 0 Å². The number of hydrogen-bond donors (Lipinski definition) is 5. The summed E-state index contributed by atoms with van der Waals surface area (Å²) < 4.78 is 48.9. The first-order valence-corrected chi connectivity index (χ1v) is 17.0. The minimum absolute atomic E-state index is 0. The Morgan fingerprint density at radius 1 is 0.909 bits per heavy atom. The van der Waals surface area contributed by atoms with E-state index >= 15 is 0 Å². The topological polar surface area (TPSA) is 237 Å². The van der Waals surface area contributed by atoms with Gasteiger partial charge in [0.2, 0.25) is 0 Å². The van der Waals surface area contributed by atoms with Gasteiger partial charge in [-0.1, -0.05) is 18.2 Å². The summed E-state index contributed by atoms with van der Waals surface area (Å²) in [5.74, 6) is -2.83. The number of nitrogens with zero attached hydrogens (tertiary/aromatic N) is 3. The summed E-state index contributed by atoms with van der Waals surface area (Å²) in [5, 5.41) is 30.7. The van der Waals surface area contributed by atoms with Crippen LogP contribution in [0.3, 0.4) is 0 Å². The predicted octanol–water partition coefficient (Wildman–Crippen LogP) is -5.75. The molecule has 3 aliphatic rings. The maximum atomic E-state index is 13.1. The molecule has 0 aliphatic carbocycles. The average Bonchev–Trinajstić information content (AvgIpc) is 3.69. The largest absolute Gasteiger partial charge is 1.00 e. The Kier molecular flexibility index (Phi) is 12.1. The average molecular weight is 664 g/mol. The molecule has 0 bridgehead atoms. The zero-order valence-electron chi connectivity index (χ0n) is 23.9. The minimum Gasteiger partial charge on any atom is -0.395 e. The molecule has 44 heavy (non-hydrogen) atoms. The van der Waals surface area contributed by atoms with Crippen molar-refractivity contribution in [3.8, 4) is 0 Å². The van der Waals surface area contributed by atoms with E-state index in [2.05, 4.69) is 20.8 Å². The monoisotopic (exact) mass is 663 g/mol. The molecule has 19 heteroatoms. The first kappa shape index (κ1) is 35.6. The van der Waals surface area contributed by atoms with Crippen molar-refractivity contribution in [2.45, 2.75) is 24.9 Å².